The molecule has 1 heterocycles. The van der Waals surface area contributed by atoms with Crippen molar-refractivity contribution < 1.29 is 19.1 Å². The quantitative estimate of drug-likeness (QED) is 0.879. The first-order valence-corrected chi connectivity index (χ1v) is 6.82. The van der Waals surface area contributed by atoms with Crippen LogP contribution in [0.25, 0.3) is 0 Å². The third-order valence-electron chi connectivity index (χ3n) is 3.72. The lowest BCUT2D eigenvalue weighted by Crippen LogP contribution is -2.20. The summed E-state index contributed by atoms with van der Waals surface area (Å²) in [6, 6.07) is 10.8. The Morgan fingerprint density at radius 1 is 0.955 bits per heavy atom. The Morgan fingerprint density at radius 2 is 1.77 bits per heavy atom. The van der Waals surface area contributed by atoms with Crippen molar-refractivity contribution in [1.29, 1.82) is 0 Å². The lowest BCUT2D eigenvalue weighted by molar-refractivity contribution is 0.0879. The Labute approximate surface area is 127 Å². The van der Waals surface area contributed by atoms with Crippen molar-refractivity contribution in [2.24, 2.45) is 0 Å². The van der Waals surface area contributed by atoms with Crippen LogP contribution in [0.5, 0.6) is 11.5 Å². The molecular weight excluding hydrogens is 282 g/mol. The molecule has 0 atom stereocenters. The molecule has 0 aromatic heterocycles. The summed E-state index contributed by atoms with van der Waals surface area (Å²) in [5.74, 6) is 0.695. The molecule has 0 aliphatic carbocycles. The van der Waals surface area contributed by atoms with Crippen LogP contribution in [0.2, 0.25) is 0 Å². The summed E-state index contributed by atoms with van der Waals surface area (Å²) in [5, 5.41) is 2.33. The summed E-state index contributed by atoms with van der Waals surface area (Å²) in [7, 11) is 3.18. The van der Waals surface area contributed by atoms with Gasteiger partial charge in [0.25, 0.3) is 11.8 Å². The first-order valence-electron chi connectivity index (χ1n) is 6.82. The molecule has 5 heteroatoms. The molecule has 0 spiro atoms. The lowest BCUT2D eigenvalue weighted by Gasteiger charge is -2.12. The standard InChI is InChI=1S/C17H15NO4/c1-21-12-7-6-10(14(9-12)22-2)8-11-4-3-5-13-15(11)17(20)18-16(13)19/h3-7,9H,8H2,1-2H3,(H,18,19,20). The normalized spacial score (nSPS) is 12.8. The highest BCUT2D eigenvalue weighted by Crippen LogP contribution is 2.29. The number of imide groups is 1. The van der Waals surface area contributed by atoms with E-state index in [1.807, 2.05) is 18.2 Å². The zero-order chi connectivity index (χ0) is 15.7. The maximum Gasteiger partial charge on any atom is 0.259 e. The van der Waals surface area contributed by atoms with Crippen LogP contribution in [0.1, 0.15) is 31.8 Å². The Morgan fingerprint density at radius 3 is 2.50 bits per heavy atom. The summed E-state index contributed by atoms with van der Waals surface area (Å²) < 4.78 is 10.6. The number of rotatable bonds is 4. The number of carbonyl (C=O) groups excluding carboxylic acids is 2. The van der Waals surface area contributed by atoms with Crippen molar-refractivity contribution in [1.82, 2.24) is 5.32 Å². The minimum absolute atomic E-state index is 0.344. The Kier molecular flexibility index (Phi) is 3.55. The molecule has 112 valence electrons. The third-order valence-corrected chi connectivity index (χ3v) is 3.72. The number of nitrogens with one attached hydrogen (secondary N) is 1. The highest BCUT2D eigenvalue weighted by Gasteiger charge is 2.29. The summed E-state index contributed by atoms with van der Waals surface area (Å²) in [4.78, 5) is 23.7. The average molecular weight is 297 g/mol. The van der Waals surface area contributed by atoms with Gasteiger partial charge < -0.3 is 9.47 Å². The molecule has 3 rings (SSSR count). The second-order valence-corrected chi connectivity index (χ2v) is 4.98. The fourth-order valence-corrected chi connectivity index (χ4v) is 2.64. The van der Waals surface area contributed by atoms with E-state index in [-0.39, 0.29) is 11.8 Å². The van der Waals surface area contributed by atoms with Gasteiger partial charge in [0.2, 0.25) is 0 Å². The molecule has 0 saturated carbocycles. The van der Waals surface area contributed by atoms with Gasteiger partial charge in [-0.1, -0.05) is 18.2 Å². The van der Waals surface area contributed by atoms with E-state index >= 15 is 0 Å². The fraction of sp³-hybridized carbons (Fsp3) is 0.176. The van der Waals surface area contributed by atoms with Gasteiger partial charge in [-0.3, -0.25) is 14.9 Å². The molecule has 0 saturated heterocycles. The Balaban J connectivity index is 2.02. The smallest absolute Gasteiger partial charge is 0.259 e. The molecule has 0 unspecified atom stereocenters. The average Bonchev–Trinajstić information content (AvgIpc) is 2.83. The number of amides is 2. The van der Waals surface area contributed by atoms with Gasteiger partial charge in [-0.2, -0.15) is 0 Å². The Bertz CT molecular complexity index is 767. The van der Waals surface area contributed by atoms with Crippen LogP contribution < -0.4 is 14.8 Å². The highest BCUT2D eigenvalue weighted by molar-refractivity contribution is 6.22. The zero-order valence-electron chi connectivity index (χ0n) is 12.3. The van der Waals surface area contributed by atoms with Gasteiger partial charge >= 0.3 is 0 Å². The van der Waals surface area contributed by atoms with E-state index in [0.717, 1.165) is 11.1 Å². The van der Waals surface area contributed by atoms with E-state index in [0.29, 0.717) is 29.0 Å². The van der Waals surface area contributed by atoms with Crippen LogP contribution in [0.3, 0.4) is 0 Å². The van der Waals surface area contributed by atoms with Gasteiger partial charge in [-0.25, -0.2) is 0 Å². The molecule has 1 aliphatic heterocycles. The minimum Gasteiger partial charge on any atom is -0.497 e. The van der Waals surface area contributed by atoms with E-state index in [1.165, 1.54) is 0 Å². The third kappa shape index (κ3) is 2.30. The van der Waals surface area contributed by atoms with Crippen molar-refractivity contribution in [3.05, 3.63) is 58.7 Å². The molecule has 0 bridgehead atoms. The number of carbonyl (C=O) groups is 2. The second kappa shape index (κ2) is 5.52. The zero-order valence-corrected chi connectivity index (χ0v) is 12.3. The van der Waals surface area contributed by atoms with Crippen molar-refractivity contribution in [2.75, 3.05) is 14.2 Å². The van der Waals surface area contributed by atoms with Gasteiger partial charge in [0.1, 0.15) is 11.5 Å². The topological polar surface area (TPSA) is 64.6 Å². The molecule has 5 nitrogen and oxygen atoms in total. The van der Waals surface area contributed by atoms with Gasteiger partial charge in [0.05, 0.1) is 25.3 Å². The molecule has 0 fully saturated rings. The summed E-state index contributed by atoms with van der Waals surface area (Å²) in [5.41, 5.74) is 2.59. The molecule has 2 aromatic rings. The monoisotopic (exact) mass is 297 g/mol. The molecule has 1 N–H and O–H groups in total. The lowest BCUT2D eigenvalue weighted by atomic mass is 9.96. The SMILES string of the molecule is COc1ccc(Cc2cccc3c2C(=O)NC3=O)c(OC)c1. The van der Waals surface area contributed by atoms with E-state index < -0.39 is 0 Å². The van der Waals surface area contributed by atoms with Crippen molar-refractivity contribution >= 4 is 11.8 Å². The first-order chi connectivity index (χ1) is 10.6. The van der Waals surface area contributed by atoms with E-state index in [2.05, 4.69) is 5.32 Å². The molecule has 22 heavy (non-hydrogen) atoms. The van der Waals surface area contributed by atoms with Gasteiger partial charge in [-0.15, -0.1) is 0 Å². The van der Waals surface area contributed by atoms with Crippen LogP contribution in [0, 0.1) is 0 Å². The van der Waals surface area contributed by atoms with Crippen LogP contribution in [-0.4, -0.2) is 26.0 Å². The molecule has 1 aliphatic rings. The largest absolute Gasteiger partial charge is 0.497 e. The Hall–Kier alpha value is -2.82. The van der Waals surface area contributed by atoms with Crippen molar-refractivity contribution in [3.8, 4) is 11.5 Å². The number of fused-ring (bicyclic) bond motifs is 1. The first kappa shape index (κ1) is 14.1. The van der Waals surface area contributed by atoms with Crippen LogP contribution in [-0.2, 0) is 6.42 Å². The van der Waals surface area contributed by atoms with Crippen molar-refractivity contribution in [3.63, 3.8) is 0 Å². The fourth-order valence-electron chi connectivity index (χ4n) is 2.64. The minimum atomic E-state index is -0.344. The number of ether oxygens (including phenoxy) is 2. The van der Waals surface area contributed by atoms with Gasteiger partial charge in [0, 0.05) is 12.5 Å². The number of methoxy groups -OCH3 is 2. The van der Waals surface area contributed by atoms with Crippen LogP contribution >= 0.6 is 0 Å². The second-order valence-electron chi connectivity index (χ2n) is 4.98. The maximum atomic E-state index is 12.0. The van der Waals surface area contributed by atoms with Crippen LogP contribution in [0.15, 0.2) is 36.4 Å². The van der Waals surface area contributed by atoms with E-state index in [1.54, 1.807) is 32.4 Å². The number of benzene rings is 2. The summed E-state index contributed by atoms with van der Waals surface area (Å²) >= 11 is 0. The number of hydrogen-bond acceptors (Lipinski definition) is 4. The van der Waals surface area contributed by atoms with Gasteiger partial charge in [-0.05, 0) is 23.3 Å². The summed E-state index contributed by atoms with van der Waals surface area (Å²) in [6.45, 7) is 0. The predicted octanol–water partition coefficient (Wildman–Crippen LogP) is 2.18. The van der Waals surface area contributed by atoms with E-state index in [9.17, 15) is 9.59 Å². The maximum absolute atomic E-state index is 12.0. The van der Waals surface area contributed by atoms with Crippen molar-refractivity contribution in [2.45, 2.75) is 6.42 Å². The number of hydrogen-bond donors (Lipinski definition) is 1. The predicted molar refractivity (Wildman–Crippen MR) is 80.6 cm³/mol. The van der Waals surface area contributed by atoms with E-state index in [4.69, 9.17) is 9.47 Å². The van der Waals surface area contributed by atoms with Gasteiger partial charge in [0.15, 0.2) is 0 Å². The molecule has 2 amide bonds. The molecular formula is C17H15NO4. The molecule has 2 aromatic carbocycles. The molecule has 0 radical (unpaired) electrons. The summed E-state index contributed by atoms with van der Waals surface area (Å²) in [6.07, 6.45) is 0.497. The highest BCUT2D eigenvalue weighted by atomic mass is 16.5. The van der Waals surface area contributed by atoms with Crippen LogP contribution in [0.4, 0.5) is 0 Å².